The van der Waals surface area contributed by atoms with Crippen LogP contribution in [-0.4, -0.2) is 4.92 Å². The number of benzene rings is 2. The summed E-state index contributed by atoms with van der Waals surface area (Å²) in [5.74, 6) is 1.02. The van der Waals surface area contributed by atoms with Crippen LogP contribution in [0.1, 0.15) is 11.3 Å². The molecule has 24 heavy (non-hydrogen) atoms. The summed E-state index contributed by atoms with van der Waals surface area (Å²) >= 11 is 0. The van der Waals surface area contributed by atoms with Crippen LogP contribution in [-0.2, 0) is 0 Å². The largest absolute Gasteiger partial charge is 0.457 e. The molecule has 0 saturated heterocycles. The quantitative estimate of drug-likeness (QED) is 0.389. The SMILES string of the molecule is N#C/C(=C\c1ccc(-c2cccc([N+](=O)[O-])c2)o1)c1ccccc1. The van der Waals surface area contributed by atoms with Gasteiger partial charge in [-0.3, -0.25) is 10.1 Å². The minimum Gasteiger partial charge on any atom is -0.457 e. The molecule has 0 fully saturated rings. The monoisotopic (exact) mass is 316 g/mol. The first-order valence-electron chi connectivity index (χ1n) is 7.19. The molecule has 1 heterocycles. The van der Waals surface area contributed by atoms with E-state index in [0.717, 1.165) is 5.56 Å². The maximum atomic E-state index is 10.9. The highest BCUT2D eigenvalue weighted by Gasteiger charge is 2.10. The van der Waals surface area contributed by atoms with Crippen molar-refractivity contribution in [3.63, 3.8) is 0 Å². The molecule has 116 valence electrons. The second-order valence-electron chi connectivity index (χ2n) is 5.05. The lowest BCUT2D eigenvalue weighted by atomic mass is 10.1. The summed E-state index contributed by atoms with van der Waals surface area (Å²) < 4.78 is 5.71. The van der Waals surface area contributed by atoms with Crippen molar-refractivity contribution in [3.05, 3.63) is 88.2 Å². The van der Waals surface area contributed by atoms with Crippen molar-refractivity contribution in [3.8, 4) is 17.4 Å². The third-order valence-electron chi connectivity index (χ3n) is 3.46. The van der Waals surface area contributed by atoms with Crippen molar-refractivity contribution in [2.45, 2.75) is 0 Å². The summed E-state index contributed by atoms with van der Waals surface area (Å²) in [5.41, 5.74) is 1.90. The van der Waals surface area contributed by atoms with Crippen LogP contribution in [0.3, 0.4) is 0 Å². The Kier molecular flexibility index (Phi) is 4.21. The van der Waals surface area contributed by atoms with Crippen LogP contribution in [0.5, 0.6) is 0 Å². The summed E-state index contributed by atoms with van der Waals surface area (Å²) in [6.07, 6.45) is 1.65. The highest BCUT2D eigenvalue weighted by Crippen LogP contribution is 2.27. The maximum Gasteiger partial charge on any atom is 0.270 e. The van der Waals surface area contributed by atoms with Crippen LogP contribution >= 0.6 is 0 Å². The van der Waals surface area contributed by atoms with Crippen molar-refractivity contribution in [1.29, 1.82) is 5.26 Å². The van der Waals surface area contributed by atoms with Gasteiger partial charge in [0.2, 0.25) is 0 Å². The Hall–Kier alpha value is -3.65. The Labute approximate surface area is 138 Å². The van der Waals surface area contributed by atoms with Crippen LogP contribution in [0, 0.1) is 21.4 Å². The maximum absolute atomic E-state index is 10.9. The number of allylic oxidation sites excluding steroid dienone is 1. The first kappa shape index (κ1) is 15.3. The number of non-ortho nitro benzene ring substituents is 1. The zero-order chi connectivity index (χ0) is 16.9. The Morgan fingerprint density at radius 2 is 1.88 bits per heavy atom. The smallest absolute Gasteiger partial charge is 0.270 e. The molecule has 0 aliphatic heterocycles. The van der Waals surface area contributed by atoms with Crippen molar-refractivity contribution in [2.75, 3.05) is 0 Å². The van der Waals surface area contributed by atoms with Gasteiger partial charge in [0.15, 0.2) is 0 Å². The van der Waals surface area contributed by atoms with Gasteiger partial charge in [-0.05, 0) is 23.8 Å². The number of hydrogen-bond acceptors (Lipinski definition) is 4. The van der Waals surface area contributed by atoms with E-state index in [4.69, 9.17) is 4.42 Å². The normalized spacial score (nSPS) is 11.0. The van der Waals surface area contributed by atoms with E-state index >= 15 is 0 Å². The predicted octanol–water partition coefficient (Wildman–Crippen LogP) is 4.92. The molecule has 1 aromatic heterocycles. The van der Waals surface area contributed by atoms with Crippen LogP contribution < -0.4 is 0 Å². The number of nitriles is 1. The predicted molar refractivity (Wildman–Crippen MR) is 90.7 cm³/mol. The number of rotatable bonds is 4. The molecule has 5 nitrogen and oxygen atoms in total. The molecule has 0 spiro atoms. The Morgan fingerprint density at radius 1 is 1.08 bits per heavy atom. The van der Waals surface area contributed by atoms with Gasteiger partial charge in [-0.1, -0.05) is 42.5 Å². The van der Waals surface area contributed by atoms with Gasteiger partial charge in [0.1, 0.15) is 11.5 Å². The van der Waals surface area contributed by atoms with Gasteiger partial charge in [0, 0.05) is 17.7 Å². The van der Waals surface area contributed by atoms with Gasteiger partial charge in [-0.2, -0.15) is 5.26 Å². The first-order chi connectivity index (χ1) is 11.7. The lowest BCUT2D eigenvalue weighted by Crippen LogP contribution is -1.87. The minimum absolute atomic E-state index is 0.00277. The Morgan fingerprint density at radius 3 is 2.58 bits per heavy atom. The fourth-order valence-corrected chi connectivity index (χ4v) is 2.30. The van der Waals surface area contributed by atoms with E-state index in [1.54, 1.807) is 30.3 Å². The minimum atomic E-state index is -0.448. The average molecular weight is 316 g/mol. The number of furan rings is 1. The number of hydrogen-bond donors (Lipinski definition) is 0. The number of nitro benzene ring substituents is 1. The first-order valence-corrected chi connectivity index (χ1v) is 7.19. The number of nitrogens with zero attached hydrogens (tertiary/aromatic N) is 2. The molecule has 0 saturated carbocycles. The van der Waals surface area contributed by atoms with E-state index in [9.17, 15) is 15.4 Å². The van der Waals surface area contributed by atoms with Crippen LogP contribution in [0.4, 0.5) is 5.69 Å². The average Bonchev–Trinajstić information content (AvgIpc) is 3.09. The zero-order valence-electron chi connectivity index (χ0n) is 12.5. The van der Waals surface area contributed by atoms with Crippen molar-refractivity contribution >= 4 is 17.3 Å². The van der Waals surface area contributed by atoms with Crippen molar-refractivity contribution < 1.29 is 9.34 Å². The Balaban J connectivity index is 1.94. The molecule has 0 radical (unpaired) electrons. The fraction of sp³-hybridized carbons (Fsp3) is 0. The molecule has 3 aromatic rings. The third-order valence-corrected chi connectivity index (χ3v) is 3.46. The molecule has 0 amide bonds. The molecule has 0 N–H and O–H groups in total. The molecule has 0 aliphatic carbocycles. The topological polar surface area (TPSA) is 80.1 Å². The highest BCUT2D eigenvalue weighted by molar-refractivity contribution is 5.88. The molecule has 0 unspecified atom stereocenters. The van der Waals surface area contributed by atoms with Gasteiger partial charge in [-0.15, -0.1) is 0 Å². The standard InChI is InChI=1S/C19H12N2O3/c20-13-16(14-5-2-1-3-6-14)12-18-9-10-19(24-18)15-7-4-8-17(11-15)21(22)23/h1-12H/b16-12+. The van der Waals surface area contributed by atoms with Gasteiger partial charge >= 0.3 is 0 Å². The summed E-state index contributed by atoms with van der Waals surface area (Å²) in [7, 11) is 0. The second kappa shape index (κ2) is 6.63. The Bertz CT molecular complexity index is 950. The molecular weight excluding hydrogens is 304 g/mol. The lowest BCUT2D eigenvalue weighted by Gasteiger charge is -1.98. The highest BCUT2D eigenvalue weighted by atomic mass is 16.6. The second-order valence-corrected chi connectivity index (χ2v) is 5.05. The third kappa shape index (κ3) is 3.23. The zero-order valence-corrected chi connectivity index (χ0v) is 12.5. The van der Waals surface area contributed by atoms with Gasteiger partial charge < -0.3 is 4.42 Å². The summed E-state index contributed by atoms with van der Waals surface area (Å²) in [5, 5.41) is 20.2. The number of nitro groups is 1. The van der Waals surface area contributed by atoms with E-state index < -0.39 is 4.92 Å². The van der Waals surface area contributed by atoms with E-state index in [0.29, 0.717) is 22.7 Å². The van der Waals surface area contributed by atoms with Crippen LogP contribution in [0.15, 0.2) is 71.1 Å². The van der Waals surface area contributed by atoms with E-state index in [1.165, 1.54) is 12.1 Å². The van der Waals surface area contributed by atoms with E-state index in [1.807, 2.05) is 30.3 Å². The lowest BCUT2D eigenvalue weighted by molar-refractivity contribution is -0.384. The molecule has 2 aromatic carbocycles. The van der Waals surface area contributed by atoms with Gasteiger partial charge in [-0.25, -0.2) is 0 Å². The summed E-state index contributed by atoms with van der Waals surface area (Å²) in [6, 6.07) is 21.1. The molecule has 3 rings (SSSR count). The molecule has 0 atom stereocenters. The van der Waals surface area contributed by atoms with Crippen molar-refractivity contribution in [1.82, 2.24) is 0 Å². The molecular formula is C19H12N2O3. The summed E-state index contributed by atoms with van der Waals surface area (Å²) in [6.45, 7) is 0. The van der Waals surface area contributed by atoms with Gasteiger partial charge in [0.25, 0.3) is 5.69 Å². The van der Waals surface area contributed by atoms with E-state index in [2.05, 4.69) is 6.07 Å². The fourth-order valence-electron chi connectivity index (χ4n) is 2.30. The summed E-state index contributed by atoms with van der Waals surface area (Å²) in [4.78, 5) is 10.4. The van der Waals surface area contributed by atoms with Gasteiger partial charge in [0.05, 0.1) is 16.6 Å². The molecule has 0 aliphatic rings. The van der Waals surface area contributed by atoms with Crippen LogP contribution in [0.25, 0.3) is 23.0 Å². The van der Waals surface area contributed by atoms with E-state index in [-0.39, 0.29) is 5.69 Å². The van der Waals surface area contributed by atoms with Crippen LogP contribution in [0.2, 0.25) is 0 Å². The molecule has 0 bridgehead atoms. The molecule has 5 heteroatoms. The van der Waals surface area contributed by atoms with Crippen molar-refractivity contribution in [2.24, 2.45) is 0 Å².